The molecule has 2 N–H and O–H groups in total. The number of hydrogen-bond acceptors (Lipinski definition) is 3. The van der Waals surface area contributed by atoms with E-state index in [2.05, 4.69) is 26.0 Å². The van der Waals surface area contributed by atoms with Crippen LogP contribution in [-0.4, -0.2) is 32.4 Å². The maximum Gasteiger partial charge on any atom is 0.321 e. The highest BCUT2D eigenvalue weighted by atomic mass is 79.9. The largest absolute Gasteiger partial charge is 0.325 e. The smallest absolute Gasteiger partial charge is 0.321 e. The van der Waals surface area contributed by atoms with E-state index < -0.39 is 10.0 Å². The van der Waals surface area contributed by atoms with Crippen LogP contribution in [-0.2, 0) is 10.0 Å². The van der Waals surface area contributed by atoms with Gasteiger partial charge in [0.25, 0.3) is 10.0 Å². The van der Waals surface area contributed by atoms with Crippen molar-refractivity contribution in [2.45, 2.75) is 24.2 Å². The van der Waals surface area contributed by atoms with Gasteiger partial charge in [0.05, 0.1) is 4.90 Å². The third kappa shape index (κ3) is 4.76. The number of halogens is 1. The first kappa shape index (κ1) is 18.7. The van der Waals surface area contributed by atoms with Gasteiger partial charge in [-0.25, -0.2) is 13.2 Å². The molecule has 2 aromatic carbocycles. The molecule has 26 heavy (non-hydrogen) atoms. The van der Waals surface area contributed by atoms with E-state index in [1.807, 2.05) is 6.07 Å². The Balaban J connectivity index is 1.67. The first-order valence-corrected chi connectivity index (χ1v) is 10.7. The normalized spacial score (nSPS) is 14.7. The van der Waals surface area contributed by atoms with Gasteiger partial charge in [-0.3, -0.25) is 4.72 Å². The topological polar surface area (TPSA) is 78.5 Å². The average molecular weight is 438 g/mol. The highest BCUT2D eigenvalue weighted by molar-refractivity contribution is 9.10. The van der Waals surface area contributed by atoms with Crippen LogP contribution in [0.3, 0.4) is 0 Å². The van der Waals surface area contributed by atoms with Gasteiger partial charge in [-0.1, -0.05) is 22.0 Å². The second-order valence-corrected chi connectivity index (χ2v) is 8.72. The highest BCUT2D eigenvalue weighted by Gasteiger charge is 2.17. The van der Waals surface area contributed by atoms with Crippen LogP contribution >= 0.6 is 15.9 Å². The summed E-state index contributed by atoms with van der Waals surface area (Å²) in [6, 6.07) is 12.9. The van der Waals surface area contributed by atoms with E-state index in [-0.39, 0.29) is 10.9 Å². The Bertz CT molecular complexity index is 879. The molecule has 0 aliphatic carbocycles. The summed E-state index contributed by atoms with van der Waals surface area (Å²) in [4.78, 5) is 14.1. The Kier molecular flexibility index (Phi) is 5.83. The Morgan fingerprint density at radius 3 is 2.31 bits per heavy atom. The summed E-state index contributed by atoms with van der Waals surface area (Å²) in [7, 11) is -3.69. The molecule has 0 atom stereocenters. The van der Waals surface area contributed by atoms with Gasteiger partial charge in [-0.15, -0.1) is 0 Å². The van der Waals surface area contributed by atoms with Crippen molar-refractivity contribution in [1.82, 2.24) is 4.90 Å². The van der Waals surface area contributed by atoms with E-state index in [0.717, 1.165) is 36.8 Å². The molecule has 6 nitrogen and oxygen atoms in total. The predicted molar refractivity (Wildman–Crippen MR) is 106 cm³/mol. The number of nitrogens with zero attached hydrogens (tertiary/aromatic N) is 1. The molecular weight excluding hydrogens is 418 g/mol. The number of benzene rings is 2. The molecule has 0 saturated carbocycles. The maximum absolute atomic E-state index is 12.5. The van der Waals surface area contributed by atoms with Gasteiger partial charge in [0.1, 0.15) is 0 Å². The molecular formula is C18H20BrN3O3S. The van der Waals surface area contributed by atoms with Crippen LogP contribution in [0.15, 0.2) is 57.9 Å². The Morgan fingerprint density at radius 1 is 0.962 bits per heavy atom. The van der Waals surface area contributed by atoms with Gasteiger partial charge >= 0.3 is 6.03 Å². The van der Waals surface area contributed by atoms with Crippen LogP contribution in [0.1, 0.15) is 19.3 Å². The average Bonchev–Trinajstić information content (AvgIpc) is 2.62. The maximum atomic E-state index is 12.5. The molecule has 0 bridgehead atoms. The Morgan fingerprint density at radius 2 is 1.65 bits per heavy atom. The number of likely N-dealkylation sites (tertiary alicyclic amines) is 1. The molecule has 1 heterocycles. The first-order chi connectivity index (χ1) is 12.4. The number of piperidine rings is 1. The van der Waals surface area contributed by atoms with Crippen molar-refractivity contribution in [3.05, 3.63) is 53.0 Å². The van der Waals surface area contributed by atoms with Crippen molar-refractivity contribution in [3.63, 3.8) is 0 Å². The lowest BCUT2D eigenvalue weighted by Gasteiger charge is -2.26. The van der Waals surface area contributed by atoms with Gasteiger partial charge in [0.2, 0.25) is 0 Å². The van der Waals surface area contributed by atoms with Crippen LogP contribution in [0.5, 0.6) is 0 Å². The highest BCUT2D eigenvalue weighted by Crippen LogP contribution is 2.21. The van der Waals surface area contributed by atoms with Gasteiger partial charge in [-0.2, -0.15) is 0 Å². The number of rotatable bonds is 4. The minimum atomic E-state index is -3.69. The lowest BCUT2D eigenvalue weighted by Crippen LogP contribution is -2.38. The fourth-order valence-corrected chi connectivity index (χ4v) is 4.23. The molecule has 1 aliphatic heterocycles. The monoisotopic (exact) mass is 437 g/mol. The molecule has 0 unspecified atom stereocenters. The van der Waals surface area contributed by atoms with Crippen molar-refractivity contribution in [1.29, 1.82) is 0 Å². The van der Waals surface area contributed by atoms with E-state index in [1.165, 1.54) is 12.1 Å². The zero-order chi connectivity index (χ0) is 18.6. The number of anilines is 2. The van der Waals surface area contributed by atoms with Crippen LogP contribution in [0.25, 0.3) is 0 Å². The lowest BCUT2D eigenvalue weighted by molar-refractivity contribution is 0.200. The van der Waals surface area contributed by atoms with Gasteiger partial charge < -0.3 is 10.2 Å². The minimum Gasteiger partial charge on any atom is -0.325 e. The third-order valence-corrected chi connectivity index (χ3v) is 6.03. The number of sulfonamides is 1. The summed E-state index contributed by atoms with van der Waals surface area (Å²) >= 11 is 3.31. The predicted octanol–water partition coefficient (Wildman–Crippen LogP) is 4.27. The molecule has 0 radical (unpaired) electrons. The summed E-state index contributed by atoms with van der Waals surface area (Å²) in [5.41, 5.74) is 1.05. The molecule has 3 rings (SSSR count). The summed E-state index contributed by atoms with van der Waals surface area (Å²) in [5.74, 6) is 0. The molecule has 1 fully saturated rings. The molecule has 0 spiro atoms. The van der Waals surface area contributed by atoms with E-state index in [9.17, 15) is 13.2 Å². The number of urea groups is 1. The van der Waals surface area contributed by atoms with Gasteiger partial charge in [-0.05, 0) is 61.7 Å². The van der Waals surface area contributed by atoms with Crippen molar-refractivity contribution in [3.8, 4) is 0 Å². The van der Waals surface area contributed by atoms with Gasteiger partial charge in [0.15, 0.2) is 0 Å². The Hall–Kier alpha value is -2.06. The quantitative estimate of drug-likeness (QED) is 0.749. The fraction of sp³-hybridized carbons (Fsp3) is 0.278. The number of hydrogen-bond donors (Lipinski definition) is 2. The number of nitrogens with one attached hydrogen (secondary N) is 2. The van der Waals surface area contributed by atoms with Crippen molar-refractivity contribution in [2.24, 2.45) is 0 Å². The minimum absolute atomic E-state index is 0.133. The summed E-state index contributed by atoms with van der Waals surface area (Å²) in [5, 5.41) is 2.81. The van der Waals surface area contributed by atoms with Gasteiger partial charge in [0, 0.05) is 28.9 Å². The van der Waals surface area contributed by atoms with Crippen molar-refractivity contribution >= 4 is 43.4 Å². The van der Waals surface area contributed by atoms with E-state index in [4.69, 9.17) is 0 Å². The zero-order valence-electron chi connectivity index (χ0n) is 14.1. The molecule has 2 amide bonds. The molecule has 8 heteroatoms. The fourth-order valence-electron chi connectivity index (χ4n) is 2.78. The second kappa shape index (κ2) is 8.09. The van der Waals surface area contributed by atoms with Crippen LogP contribution in [0, 0.1) is 0 Å². The Labute approximate surface area is 161 Å². The van der Waals surface area contributed by atoms with E-state index >= 15 is 0 Å². The van der Waals surface area contributed by atoms with Crippen molar-refractivity contribution < 1.29 is 13.2 Å². The number of amides is 2. The number of carbonyl (C=O) groups is 1. The molecule has 1 saturated heterocycles. The molecule has 2 aromatic rings. The summed E-state index contributed by atoms with van der Waals surface area (Å²) in [6.45, 7) is 1.52. The lowest BCUT2D eigenvalue weighted by atomic mass is 10.1. The van der Waals surface area contributed by atoms with E-state index in [1.54, 1.807) is 35.2 Å². The third-order valence-electron chi connectivity index (χ3n) is 4.14. The molecule has 1 aliphatic rings. The first-order valence-electron chi connectivity index (χ1n) is 8.38. The molecule has 0 aromatic heterocycles. The standard InChI is InChI=1S/C18H20BrN3O3S/c19-14-5-4-6-16(13-14)21-26(24,25)17-9-7-15(8-10-17)20-18(23)22-11-2-1-3-12-22/h4-10,13,21H,1-3,11-12H2,(H,20,23). The molecule has 138 valence electrons. The number of carbonyl (C=O) groups excluding carboxylic acids is 1. The SMILES string of the molecule is O=C(Nc1ccc(S(=O)(=O)Nc2cccc(Br)c2)cc1)N1CCCCC1. The zero-order valence-corrected chi connectivity index (χ0v) is 16.5. The second-order valence-electron chi connectivity index (χ2n) is 6.12. The van der Waals surface area contributed by atoms with Crippen LogP contribution < -0.4 is 10.0 Å². The van der Waals surface area contributed by atoms with Crippen molar-refractivity contribution in [2.75, 3.05) is 23.1 Å². The summed E-state index contributed by atoms with van der Waals surface area (Å²) < 4.78 is 28.3. The summed E-state index contributed by atoms with van der Waals surface area (Å²) in [6.07, 6.45) is 3.19. The van der Waals surface area contributed by atoms with Crippen LogP contribution in [0.2, 0.25) is 0 Å². The van der Waals surface area contributed by atoms with E-state index in [0.29, 0.717) is 11.4 Å². The van der Waals surface area contributed by atoms with Crippen LogP contribution in [0.4, 0.5) is 16.2 Å².